The average Bonchev–Trinajstić information content (AvgIpc) is 2.54. The Morgan fingerprint density at radius 3 is 2.50 bits per heavy atom. The zero-order valence-electron chi connectivity index (χ0n) is 11.8. The summed E-state index contributed by atoms with van der Waals surface area (Å²) >= 11 is 6.23. The monoisotopic (exact) mass is 301 g/mol. The summed E-state index contributed by atoms with van der Waals surface area (Å²) in [7, 11) is 0. The molecule has 0 aliphatic heterocycles. The Bertz CT molecular complexity index is 1070. The van der Waals surface area contributed by atoms with Crippen molar-refractivity contribution in [2.75, 3.05) is 0 Å². The fourth-order valence-corrected chi connectivity index (χ4v) is 3.38. The number of fused-ring (bicyclic) bond motifs is 5. The van der Waals surface area contributed by atoms with Crippen molar-refractivity contribution in [1.29, 1.82) is 5.26 Å². The van der Waals surface area contributed by atoms with Crippen LogP contribution in [0, 0.1) is 11.3 Å². The second kappa shape index (κ2) is 5.02. The highest BCUT2D eigenvalue weighted by Gasteiger charge is 2.10. The largest absolute Gasteiger partial charge is 0.198 e. The first-order valence-corrected chi connectivity index (χ1v) is 7.55. The van der Waals surface area contributed by atoms with Gasteiger partial charge in [-0.25, -0.2) is 0 Å². The predicted octanol–water partition coefficient (Wildman–Crippen LogP) is 5.87. The van der Waals surface area contributed by atoms with Gasteiger partial charge in [0.15, 0.2) is 0 Å². The lowest BCUT2D eigenvalue weighted by atomic mass is 9.92. The molecule has 4 rings (SSSR count). The Morgan fingerprint density at radius 2 is 1.64 bits per heavy atom. The van der Waals surface area contributed by atoms with E-state index < -0.39 is 0 Å². The fraction of sp³-hybridized carbons (Fsp3) is 0.0500. The molecule has 0 N–H and O–H groups in total. The first kappa shape index (κ1) is 13.1. The van der Waals surface area contributed by atoms with Crippen LogP contribution in [-0.2, 0) is 6.42 Å². The lowest BCUT2D eigenvalue weighted by Gasteiger charge is -2.11. The number of nitrogens with zero attached hydrogens (tertiary/aromatic N) is 1. The summed E-state index contributed by atoms with van der Waals surface area (Å²) in [5.41, 5.74) is 1.05. The van der Waals surface area contributed by atoms with E-state index in [0.29, 0.717) is 6.42 Å². The summed E-state index contributed by atoms with van der Waals surface area (Å²) in [4.78, 5) is 0. The second-order valence-corrected chi connectivity index (χ2v) is 5.88. The Balaban J connectivity index is 2.29. The summed E-state index contributed by atoms with van der Waals surface area (Å²) in [6, 6.07) is 22.9. The molecule has 0 spiro atoms. The van der Waals surface area contributed by atoms with E-state index in [1.54, 1.807) is 0 Å². The predicted molar refractivity (Wildman–Crippen MR) is 93.3 cm³/mol. The summed E-state index contributed by atoms with van der Waals surface area (Å²) in [6.07, 6.45) is 0.404. The highest BCUT2D eigenvalue weighted by Crippen LogP contribution is 2.35. The third-order valence-electron chi connectivity index (χ3n) is 4.16. The molecule has 0 aliphatic carbocycles. The molecule has 4 aromatic rings. The minimum Gasteiger partial charge on any atom is -0.198 e. The Kier molecular flexibility index (Phi) is 2.99. The van der Waals surface area contributed by atoms with Crippen LogP contribution < -0.4 is 0 Å². The number of hydrogen-bond donors (Lipinski definition) is 0. The molecule has 2 heteroatoms. The van der Waals surface area contributed by atoms with E-state index in [0.717, 1.165) is 26.7 Å². The maximum Gasteiger partial charge on any atom is 0.0669 e. The van der Waals surface area contributed by atoms with Gasteiger partial charge in [0, 0.05) is 5.02 Å². The van der Waals surface area contributed by atoms with Gasteiger partial charge in [0.1, 0.15) is 0 Å². The van der Waals surface area contributed by atoms with Crippen LogP contribution in [-0.4, -0.2) is 0 Å². The zero-order valence-corrected chi connectivity index (χ0v) is 12.6. The van der Waals surface area contributed by atoms with Crippen LogP contribution >= 0.6 is 11.6 Å². The first-order chi connectivity index (χ1) is 10.8. The van der Waals surface area contributed by atoms with Crippen LogP contribution in [0.25, 0.3) is 32.3 Å². The van der Waals surface area contributed by atoms with Crippen LogP contribution in [0.1, 0.15) is 5.56 Å². The molecule has 0 aliphatic rings. The lowest BCUT2D eigenvalue weighted by Crippen LogP contribution is -1.88. The van der Waals surface area contributed by atoms with Gasteiger partial charge in [-0.2, -0.15) is 5.26 Å². The van der Waals surface area contributed by atoms with Crippen molar-refractivity contribution in [3.63, 3.8) is 0 Å². The molecule has 104 valence electrons. The Hall–Kier alpha value is -2.56. The zero-order chi connectivity index (χ0) is 15.1. The number of rotatable bonds is 1. The highest BCUT2D eigenvalue weighted by molar-refractivity contribution is 6.32. The molecule has 0 saturated carbocycles. The third kappa shape index (κ3) is 1.93. The molecule has 0 radical (unpaired) electrons. The topological polar surface area (TPSA) is 23.8 Å². The molecular formula is C20H12ClN. The molecule has 0 fully saturated rings. The van der Waals surface area contributed by atoms with Gasteiger partial charge in [-0.3, -0.25) is 0 Å². The van der Waals surface area contributed by atoms with Crippen LogP contribution in [0.5, 0.6) is 0 Å². The summed E-state index contributed by atoms with van der Waals surface area (Å²) < 4.78 is 0. The number of nitriles is 1. The molecule has 0 amide bonds. The highest BCUT2D eigenvalue weighted by atomic mass is 35.5. The smallest absolute Gasteiger partial charge is 0.0669 e. The van der Waals surface area contributed by atoms with E-state index in [4.69, 9.17) is 16.9 Å². The minimum absolute atomic E-state index is 0.404. The third-order valence-corrected chi connectivity index (χ3v) is 4.39. The maximum absolute atomic E-state index is 9.10. The van der Waals surface area contributed by atoms with Crippen LogP contribution in [0.2, 0.25) is 5.02 Å². The summed E-state index contributed by atoms with van der Waals surface area (Å²) in [6.45, 7) is 0. The van der Waals surface area contributed by atoms with Crippen molar-refractivity contribution in [3.8, 4) is 6.07 Å². The first-order valence-electron chi connectivity index (χ1n) is 7.17. The van der Waals surface area contributed by atoms with Crippen molar-refractivity contribution in [3.05, 3.63) is 71.2 Å². The van der Waals surface area contributed by atoms with Crippen molar-refractivity contribution in [2.45, 2.75) is 6.42 Å². The van der Waals surface area contributed by atoms with Crippen LogP contribution in [0.15, 0.2) is 60.7 Å². The molecule has 0 heterocycles. The van der Waals surface area contributed by atoms with Gasteiger partial charge >= 0.3 is 0 Å². The molecule has 0 aromatic heterocycles. The van der Waals surface area contributed by atoms with Crippen molar-refractivity contribution < 1.29 is 0 Å². The van der Waals surface area contributed by atoms with Gasteiger partial charge in [-0.05, 0) is 56.1 Å². The Labute approximate surface area is 133 Å². The minimum atomic E-state index is 0.404. The number of hydrogen-bond acceptors (Lipinski definition) is 1. The summed E-state index contributed by atoms with van der Waals surface area (Å²) in [5.74, 6) is 0. The van der Waals surface area contributed by atoms with Crippen LogP contribution in [0.4, 0.5) is 0 Å². The molecule has 4 aromatic carbocycles. The van der Waals surface area contributed by atoms with Gasteiger partial charge < -0.3 is 0 Å². The Morgan fingerprint density at radius 1 is 0.818 bits per heavy atom. The van der Waals surface area contributed by atoms with Gasteiger partial charge in [0.25, 0.3) is 0 Å². The summed E-state index contributed by atoms with van der Waals surface area (Å²) in [5, 5.41) is 16.8. The quantitative estimate of drug-likeness (QED) is 0.404. The molecule has 22 heavy (non-hydrogen) atoms. The SMILES string of the molecule is N#CCc1cc2ccc3ccccc3c2c2cc(Cl)ccc12. The van der Waals surface area contributed by atoms with Gasteiger partial charge in [0.05, 0.1) is 12.5 Å². The van der Waals surface area contributed by atoms with Gasteiger partial charge in [-0.1, -0.05) is 54.1 Å². The second-order valence-electron chi connectivity index (χ2n) is 5.45. The van der Waals surface area contributed by atoms with Crippen molar-refractivity contribution >= 4 is 43.9 Å². The number of halogens is 1. The van der Waals surface area contributed by atoms with E-state index >= 15 is 0 Å². The molecule has 0 bridgehead atoms. The molecule has 0 unspecified atom stereocenters. The number of benzene rings is 4. The fourth-order valence-electron chi connectivity index (χ4n) is 3.21. The molecule has 0 saturated heterocycles. The van der Waals surface area contributed by atoms with Crippen molar-refractivity contribution in [1.82, 2.24) is 0 Å². The average molecular weight is 302 g/mol. The van der Waals surface area contributed by atoms with Gasteiger partial charge in [-0.15, -0.1) is 0 Å². The molecule has 1 nitrogen and oxygen atoms in total. The lowest BCUT2D eigenvalue weighted by molar-refractivity contribution is 1.29. The van der Waals surface area contributed by atoms with Crippen molar-refractivity contribution in [2.24, 2.45) is 0 Å². The normalized spacial score (nSPS) is 11.1. The molecular weight excluding hydrogens is 290 g/mol. The van der Waals surface area contributed by atoms with E-state index in [9.17, 15) is 0 Å². The standard InChI is InChI=1S/C20H12ClN/c21-16-7-8-17-14(9-10-22)11-15-6-5-13-3-1-2-4-18(13)20(15)19(17)12-16/h1-8,11-12H,9H2. The van der Waals surface area contributed by atoms with E-state index in [1.165, 1.54) is 16.2 Å². The van der Waals surface area contributed by atoms with E-state index in [2.05, 4.69) is 42.5 Å². The maximum atomic E-state index is 9.10. The molecule has 0 atom stereocenters. The van der Waals surface area contributed by atoms with Gasteiger partial charge in [0.2, 0.25) is 0 Å². The van der Waals surface area contributed by atoms with E-state index in [1.807, 2.05) is 24.3 Å². The van der Waals surface area contributed by atoms with Crippen LogP contribution in [0.3, 0.4) is 0 Å². The van der Waals surface area contributed by atoms with E-state index in [-0.39, 0.29) is 0 Å².